The number of unbranched alkanes of at least 4 members (excludes halogenated alkanes) is 1. The molecule has 0 spiro atoms. The van der Waals surface area contributed by atoms with Gasteiger partial charge in [-0.05, 0) is 36.4 Å². The van der Waals surface area contributed by atoms with Crippen LogP contribution < -0.4 is 4.74 Å². The van der Waals surface area contributed by atoms with Crippen molar-refractivity contribution < 1.29 is 4.74 Å². The van der Waals surface area contributed by atoms with Crippen LogP contribution in [0.4, 0.5) is 0 Å². The molecule has 0 amide bonds. The fourth-order valence-corrected chi connectivity index (χ4v) is 2.39. The molecule has 0 radical (unpaired) electrons. The molecule has 0 aliphatic rings. The van der Waals surface area contributed by atoms with Crippen LogP contribution >= 0.6 is 11.8 Å². The first-order valence-corrected chi connectivity index (χ1v) is 8.04. The van der Waals surface area contributed by atoms with E-state index in [1.807, 2.05) is 35.2 Å². The third-order valence-corrected chi connectivity index (χ3v) is 3.65. The molecular formula is C15H20N4OS. The lowest BCUT2D eigenvalue weighted by molar-refractivity contribution is 0.415. The lowest BCUT2D eigenvalue weighted by atomic mass is 10.2. The highest BCUT2D eigenvalue weighted by Crippen LogP contribution is 2.25. The minimum Gasteiger partial charge on any atom is -0.497 e. The standard InChI is InChI=1S/C15H20N4OS/c1-4-6-11-16-19-14(17-18-15(19)21-5-2)12-7-9-13(20-3)10-8-12/h7-11H,4-6H2,1-3H3. The highest BCUT2D eigenvalue weighted by atomic mass is 32.2. The van der Waals surface area contributed by atoms with Crippen LogP contribution in [0.1, 0.15) is 26.7 Å². The number of ether oxygens (including phenoxy) is 1. The van der Waals surface area contributed by atoms with E-state index in [9.17, 15) is 0 Å². The molecule has 21 heavy (non-hydrogen) atoms. The summed E-state index contributed by atoms with van der Waals surface area (Å²) in [7, 11) is 1.66. The monoisotopic (exact) mass is 304 g/mol. The summed E-state index contributed by atoms with van der Waals surface area (Å²) in [5.41, 5.74) is 0.972. The van der Waals surface area contributed by atoms with E-state index in [0.717, 1.165) is 40.9 Å². The number of hydrogen-bond donors (Lipinski definition) is 0. The van der Waals surface area contributed by atoms with Crippen molar-refractivity contribution in [2.45, 2.75) is 31.8 Å². The molecule has 0 bridgehead atoms. The number of benzene rings is 1. The summed E-state index contributed by atoms with van der Waals surface area (Å²) >= 11 is 1.63. The van der Waals surface area contributed by atoms with Gasteiger partial charge >= 0.3 is 0 Å². The summed E-state index contributed by atoms with van der Waals surface area (Å²) in [6.07, 6.45) is 3.92. The quantitative estimate of drug-likeness (QED) is 0.578. The Kier molecular flexibility index (Phi) is 5.80. The van der Waals surface area contributed by atoms with Gasteiger partial charge in [-0.25, -0.2) is 0 Å². The van der Waals surface area contributed by atoms with Gasteiger partial charge in [-0.3, -0.25) is 0 Å². The van der Waals surface area contributed by atoms with Crippen LogP contribution in [0.2, 0.25) is 0 Å². The molecule has 112 valence electrons. The van der Waals surface area contributed by atoms with Gasteiger partial charge in [0.2, 0.25) is 5.16 Å². The predicted octanol–water partition coefficient (Wildman–Crippen LogP) is 3.70. The number of thioether (sulfide) groups is 1. The van der Waals surface area contributed by atoms with E-state index in [1.165, 1.54) is 0 Å². The Hall–Kier alpha value is -1.82. The third-order valence-electron chi connectivity index (χ3n) is 2.85. The molecule has 5 nitrogen and oxygen atoms in total. The fraction of sp³-hybridized carbons (Fsp3) is 0.400. The van der Waals surface area contributed by atoms with E-state index in [-0.39, 0.29) is 0 Å². The summed E-state index contributed by atoms with van der Waals surface area (Å²) in [6, 6.07) is 7.76. The molecule has 1 aromatic carbocycles. The average Bonchev–Trinajstić information content (AvgIpc) is 2.91. The molecule has 0 unspecified atom stereocenters. The molecule has 6 heteroatoms. The van der Waals surface area contributed by atoms with Gasteiger partial charge in [0.15, 0.2) is 5.82 Å². The van der Waals surface area contributed by atoms with Crippen LogP contribution in [-0.4, -0.2) is 34.0 Å². The Morgan fingerprint density at radius 2 is 2.00 bits per heavy atom. The summed E-state index contributed by atoms with van der Waals surface area (Å²) in [4.78, 5) is 0. The molecule has 0 saturated heterocycles. The number of aromatic nitrogens is 3. The molecular weight excluding hydrogens is 284 g/mol. The second-order valence-corrected chi connectivity index (χ2v) is 5.60. The predicted molar refractivity (Wildman–Crippen MR) is 87.2 cm³/mol. The van der Waals surface area contributed by atoms with Crippen LogP contribution in [-0.2, 0) is 0 Å². The van der Waals surface area contributed by atoms with Crippen LogP contribution in [0, 0.1) is 0 Å². The van der Waals surface area contributed by atoms with Crippen molar-refractivity contribution in [2.24, 2.45) is 5.10 Å². The Balaban J connectivity index is 2.36. The van der Waals surface area contributed by atoms with Gasteiger partial charge in [0.1, 0.15) is 5.75 Å². The fourth-order valence-electron chi connectivity index (χ4n) is 1.78. The smallest absolute Gasteiger partial charge is 0.212 e. The van der Waals surface area contributed by atoms with Crippen molar-refractivity contribution in [3.05, 3.63) is 24.3 Å². The Labute approximate surface area is 129 Å². The first-order chi connectivity index (χ1) is 10.3. The summed E-state index contributed by atoms with van der Waals surface area (Å²) in [5, 5.41) is 13.8. The minimum absolute atomic E-state index is 0.751. The normalized spacial score (nSPS) is 11.2. The number of hydrogen-bond acceptors (Lipinski definition) is 5. The lowest BCUT2D eigenvalue weighted by Crippen LogP contribution is -1.96. The van der Waals surface area contributed by atoms with E-state index in [2.05, 4.69) is 29.1 Å². The van der Waals surface area contributed by atoms with Gasteiger partial charge in [0.25, 0.3) is 0 Å². The van der Waals surface area contributed by atoms with Crippen molar-refractivity contribution in [2.75, 3.05) is 12.9 Å². The van der Waals surface area contributed by atoms with Gasteiger partial charge in [0, 0.05) is 11.8 Å². The summed E-state index contributed by atoms with van der Waals surface area (Å²) in [6.45, 7) is 4.22. The minimum atomic E-state index is 0.751. The molecule has 1 aromatic heterocycles. The first-order valence-electron chi connectivity index (χ1n) is 7.05. The molecule has 0 atom stereocenters. The van der Waals surface area contributed by atoms with Gasteiger partial charge in [0.05, 0.1) is 7.11 Å². The van der Waals surface area contributed by atoms with Gasteiger partial charge < -0.3 is 4.74 Å². The van der Waals surface area contributed by atoms with Crippen molar-refractivity contribution in [1.82, 2.24) is 14.9 Å². The van der Waals surface area contributed by atoms with Crippen molar-refractivity contribution in [1.29, 1.82) is 0 Å². The molecule has 2 aromatic rings. The maximum absolute atomic E-state index is 5.18. The SMILES string of the molecule is CCCC=Nn1c(SCC)nnc1-c1ccc(OC)cc1. The van der Waals surface area contributed by atoms with Crippen LogP contribution in [0.5, 0.6) is 5.75 Å². The molecule has 0 saturated carbocycles. The van der Waals surface area contributed by atoms with Gasteiger partial charge in [-0.2, -0.15) is 9.78 Å². The third kappa shape index (κ3) is 3.85. The van der Waals surface area contributed by atoms with E-state index < -0.39 is 0 Å². The first kappa shape index (κ1) is 15.6. The van der Waals surface area contributed by atoms with Crippen LogP contribution in [0.15, 0.2) is 34.5 Å². The van der Waals surface area contributed by atoms with E-state index in [0.29, 0.717) is 0 Å². The molecule has 1 heterocycles. The zero-order valence-electron chi connectivity index (χ0n) is 12.6. The largest absolute Gasteiger partial charge is 0.497 e. The van der Waals surface area contributed by atoms with Crippen molar-refractivity contribution >= 4 is 18.0 Å². The Morgan fingerprint density at radius 3 is 2.62 bits per heavy atom. The molecule has 0 aliphatic carbocycles. The lowest BCUT2D eigenvalue weighted by Gasteiger charge is -2.04. The zero-order chi connectivity index (χ0) is 15.1. The number of nitrogens with zero attached hydrogens (tertiary/aromatic N) is 4. The van der Waals surface area contributed by atoms with Crippen LogP contribution in [0.25, 0.3) is 11.4 Å². The highest BCUT2D eigenvalue weighted by molar-refractivity contribution is 7.99. The molecule has 0 N–H and O–H groups in total. The molecule has 0 aliphatic heterocycles. The number of rotatable bonds is 7. The van der Waals surface area contributed by atoms with Crippen molar-refractivity contribution in [3.8, 4) is 17.1 Å². The van der Waals surface area contributed by atoms with E-state index in [4.69, 9.17) is 4.74 Å². The second kappa shape index (κ2) is 7.83. The topological polar surface area (TPSA) is 52.3 Å². The van der Waals surface area contributed by atoms with E-state index in [1.54, 1.807) is 18.9 Å². The average molecular weight is 304 g/mol. The van der Waals surface area contributed by atoms with E-state index >= 15 is 0 Å². The maximum atomic E-state index is 5.18. The second-order valence-electron chi connectivity index (χ2n) is 4.37. The van der Waals surface area contributed by atoms with Crippen LogP contribution in [0.3, 0.4) is 0 Å². The molecule has 0 fully saturated rings. The zero-order valence-corrected chi connectivity index (χ0v) is 13.4. The van der Waals surface area contributed by atoms with Crippen molar-refractivity contribution in [3.63, 3.8) is 0 Å². The van der Waals surface area contributed by atoms with Gasteiger partial charge in [-0.15, -0.1) is 10.2 Å². The maximum Gasteiger partial charge on any atom is 0.212 e. The number of methoxy groups -OCH3 is 1. The Bertz CT molecular complexity index is 592. The summed E-state index contributed by atoms with van der Waals surface area (Å²) in [5.74, 6) is 2.51. The highest BCUT2D eigenvalue weighted by Gasteiger charge is 2.13. The van der Waals surface area contributed by atoms with Gasteiger partial charge in [-0.1, -0.05) is 32.0 Å². The Morgan fingerprint density at radius 1 is 1.24 bits per heavy atom. The molecule has 2 rings (SSSR count). The summed E-state index contributed by atoms with van der Waals surface area (Å²) < 4.78 is 6.99.